The largest absolute Gasteiger partial charge is 0.324 e. The molecule has 21 heavy (non-hydrogen) atoms. The van der Waals surface area contributed by atoms with Gasteiger partial charge in [0, 0.05) is 10.5 Å². The van der Waals surface area contributed by atoms with Gasteiger partial charge < -0.3 is 5.73 Å². The molecule has 0 aliphatic heterocycles. The van der Waals surface area contributed by atoms with Crippen LogP contribution in [0.4, 0.5) is 4.39 Å². The second-order valence-corrected chi connectivity index (χ2v) is 6.77. The zero-order valence-corrected chi connectivity index (χ0v) is 13.4. The molecule has 0 saturated carbocycles. The van der Waals surface area contributed by atoms with Gasteiger partial charge in [-0.15, -0.1) is 0 Å². The Morgan fingerprint density at radius 2 is 2.00 bits per heavy atom. The van der Waals surface area contributed by atoms with Crippen molar-refractivity contribution in [1.29, 1.82) is 0 Å². The molecule has 0 saturated heterocycles. The minimum atomic E-state index is -0.193. The smallest absolute Gasteiger partial charge is 0.124 e. The van der Waals surface area contributed by atoms with Gasteiger partial charge in [-0.05, 0) is 66.5 Å². The number of benzene rings is 2. The van der Waals surface area contributed by atoms with Crippen LogP contribution in [-0.2, 0) is 12.8 Å². The van der Waals surface area contributed by atoms with Crippen molar-refractivity contribution in [3.63, 3.8) is 0 Å². The van der Waals surface area contributed by atoms with Gasteiger partial charge in [0.15, 0.2) is 0 Å². The van der Waals surface area contributed by atoms with Crippen LogP contribution in [0.5, 0.6) is 0 Å². The molecule has 3 rings (SSSR count). The van der Waals surface area contributed by atoms with E-state index in [1.807, 2.05) is 6.07 Å². The van der Waals surface area contributed by atoms with Crippen molar-refractivity contribution in [3.8, 4) is 0 Å². The summed E-state index contributed by atoms with van der Waals surface area (Å²) in [6, 6.07) is 13.6. The zero-order valence-electron chi connectivity index (χ0n) is 11.9. The van der Waals surface area contributed by atoms with E-state index in [4.69, 9.17) is 5.73 Å². The van der Waals surface area contributed by atoms with Crippen LogP contribution in [-0.4, -0.2) is 0 Å². The Hall–Kier alpha value is -1.19. The molecule has 110 valence electrons. The Labute approximate surface area is 133 Å². The summed E-state index contributed by atoms with van der Waals surface area (Å²) in [5, 5.41) is 0. The minimum absolute atomic E-state index is 0.0331. The third kappa shape index (κ3) is 3.35. The molecule has 0 spiro atoms. The molecule has 0 bridgehead atoms. The molecular formula is C18H19BrFN. The van der Waals surface area contributed by atoms with Gasteiger partial charge >= 0.3 is 0 Å². The van der Waals surface area contributed by atoms with Gasteiger partial charge in [0.25, 0.3) is 0 Å². The number of halogens is 2. The Bertz CT molecular complexity index is 621. The molecule has 1 nitrogen and oxygen atoms in total. The molecule has 0 heterocycles. The van der Waals surface area contributed by atoms with E-state index in [-0.39, 0.29) is 11.9 Å². The summed E-state index contributed by atoms with van der Waals surface area (Å²) in [5.41, 5.74) is 10.2. The quantitative estimate of drug-likeness (QED) is 0.777. The molecule has 3 heteroatoms. The standard InChI is InChI=1S/C18H19BrFN/c19-15-9-12(10-16(20)11-15)8-14-6-3-5-13-4-1-2-7-17(13)18(14)21/h1-2,4,7,9-11,14,18H,3,5-6,8,21H2. The third-order valence-corrected chi connectivity index (χ3v) is 4.82. The second-order valence-electron chi connectivity index (χ2n) is 5.86. The van der Waals surface area contributed by atoms with Crippen molar-refractivity contribution >= 4 is 15.9 Å². The van der Waals surface area contributed by atoms with Gasteiger partial charge in [0.05, 0.1) is 0 Å². The first-order valence-corrected chi connectivity index (χ1v) is 8.21. The second kappa shape index (κ2) is 6.29. The van der Waals surface area contributed by atoms with Gasteiger partial charge in [-0.2, -0.15) is 0 Å². The van der Waals surface area contributed by atoms with Gasteiger partial charge in [0.2, 0.25) is 0 Å². The lowest BCUT2D eigenvalue weighted by atomic mass is 9.86. The Kier molecular flexibility index (Phi) is 4.41. The Morgan fingerprint density at radius 1 is 1.19 bits per heavy atom. The average Bonchev–Trinajstić information content (AvgIpc) is 2.59. The Morgan fingerprint density at radius 3 is 2.81 bits per heavy atom. The molecule has 0 radical (unpaired) electrons. The third-order valence-electron chi connectivity index (χ3n) is 4.36. The van der Waals surface area contributed by atoms with Crippen molar-refractivity contribution in [2.24, 2.45) is 11.7 Å². The molecule has 1 aliphatic rings. The molecule has 2 aromatic rings. The first kappa shape index (κ1) is 14.7. The summed E-state index contributed by atoms with van der Waals surface area (Å²) < 4.78 is 14.3. The normalized spacial score (nSPS) is 21.7. The summed E-state index contributed by atoms with van der Waals surface area (Å²) in [5.74, 6) is 0.171. The van der Waals surface area contributed by atoms with E-state index >= 15 is 0 Å². The van der Waals surface area contributed by atoms with E-state index < -0.39 is 0 Å². The van der Waals surface area contributed by atoms with E-state index in [9.17, 15) is 4.39 Å². The van der Waals surface area contributed by atoms with Gasteiger partial charge in [0.1, 0.15) is 5.82 Å². The van der Waals surface area contributed by atoms with E-state index in [1.54, 1.807) is 6.07 Å². The highest BCUT2D eigenvalue weighted by molar-refractivity contribution is 9.10. The summed E-state index contributed by atoms with van der Waals surface area (Å²) in [7, 11) is 0. The highest BCUT2D eigenvalue weighted by Crippen LogP contribution is 2.34. The van der Waals surface area contributed by atoms with Crippen LogP contribution in [0.1, 0.15) is 35.6 Å². The molecule has 2 aromatic carbocycles. The first-order valence-electron chi connectivity index (χ1n) is 7.42. The van der Waals surface area contributed by atoms with Crippen molar-refractivity contribution < 1.29 is 4.39 Å². The maximum atomic E-state index is 13.5. The number of hydrogen-bond donors (Lipinski definition) is 1. The zero-order chi connectivity index (χ0) is 14.8. The SMILES string of the molecule is NC1c2ccccc2CCCC1Cc1cc(F)cc(Br)c1. The van der Waals surface area contributed by atoms with Crippen LogP contribution in [0.2, 0.25) is 0 Å². The highest BCUT2D eigenvalue weighted by Gasteiger charge is 2.24. The molecular weight excluding hydrogens is 329 g/mol. The van der Waals surface area contributed by atoms with E-state index in [0.29, 0.717) is 5.92 Å². The predicted molar refractivity (Wildman–Crippen MR) is 87.6 cm³/mol. The highest BCUT2D eigenvalue weighted by atomic mass is 79.9. The monoisotopic (exact) mass is 347 g/mol. The molecule has 2 atom stereocenters. The van der Waals surface area contributed by atoms with Crippen LogP contribution in [0, 0.1) is 11.7 Å². The molecule has 1 aliphatic carbocycles. The topological polar surface area (TPSA) is 26.0 Å². The maximum Gasteiger partial charge on any atom is 0.124 e. The fourth-order valence-electron chi connectivity index (χ4n) is 3.34. The number of nitrogens with two attached hydrogens (primary N) is 1. The molecule has 2 unspecified atom stereocenters. The molecule has 0 fully saturated rings. The van der Waals surface area contributed by atoms with Crippen LogP contribution < -0.4 is 5.73 Å². The summed E-state index contributed by atoms with van der Waals surface area (Å²) in [6.07, 6.45) is 4.15. The first-order chi connectivity index (χ1) is 10.1. The van der Waals surface area contributed by atoms with Gasteiger partial charge in [-0.25, -0.2) is 4.39 Å². The van der Waals surface area contributed by atoms with Gasteiger partial charge in [-0.3, -0.25) is 0 Å². The Balaban J connectivity index is 1.85. The number of aryl methyl sites for hydroxylation is 1. The van der Waals surface area contributed by atoms with Crippen molar-refractivity contribution in [1.82, 2.24) is 0 Å². The van der Waals surface area contributed by atoms with Crippen molar-refractivity contribution in [3.05, 3.63) is 69.4 Å². The van der Waals surface area contributed by atoms with Crippen LogP contribution in [0.25, 0.3) is 0 Å². The number of rotatable bonds is 2. The minimum Gasteiger partial charge on any atom is -0.324 e. The van der Waals surface area contributed by atoms with E-state index in [2.05, 4.69) is 40.2 Å². The van der Waals surface area contributed by atoms with Crippen LogP contribution >= 0.6 is 15.9 Å². The van der Waals surface area contributed by atoms with Crippen LogP contribution in [0.15, 0.2) is 46.9 Å². The van der Waals surface area contributed by atoms with E-state index in [0.717, 1.165) is 35.7 Å². The maximum absolute atomic E-state index is 13.5. The summed E-state index contributed by atoms with van der Waals surface area (Å²) in [6.45, 7) is 0. The van der Waals surface area contributed by atoms with Crippen molar-refractivity contribution in [2.75, 3.05) is 0 Å². The lowest BCUT2D eigenvalue weighted by Crippen LogP contribution is -2.23. The van der Waals surface area contributed by atoms with Gasteiger partial charge in [-0.1, -0.05) is 40.2 Å². The van der Waals surface area contributed by atoms with Crippen molar-refractivity contribution in [2.45, 2.75) is 31.7 Å². The lowest BCUT2D eigenvalue weighted by molar-refractivity contribution is 0.401. The fourth-order valence-corrected chi connectivity index (χ4v) is 3.85. The molecule has 0 amide bonds. The molecule has 0 aromatic heterocycles. The fraction of sp³-hybridized carbons (Fsp3) is 0.333. The summed E-state index contributed by atoms with van der Waals surface area (Å²) >= 11 is 3.36. The summed E-state index contributed by atoms with van der Waals surface area (Å²) in [4.78, 5) is 0. The predicted octanol–water partition coefficient (Wildman–Crippen LogP) is 4.78. The average molecular weight is 348 g/mol. The van der Waals surface area contributed by atoms with Crippen LogP contribution in [0.3, 0.4) is 0 Å². The number of hydrogen-bond acceptors (Lipinski definition) is 1. The van der Waals surface area contributed by atoms with E-state index in [1.165, 1.54) is 17.2 Å². The molecule has 2 N–H and O–H groups in total. The lowest BCUT2D eigenvalue weighted by Gasteiger charge is -2.23. The number of fused-ring (bicyclic) bond motifs is 1.